The van der Waals surface area contributed by atoms with E-state index >= 15 is 0 Å². The third-order valence-electron chi connectivity index (χ3n) is 3.25. The number of rotatable bonds is 6. The van der Waals surface area contributed by atoms with E-state index in [1.807, 2.05) is 61.5 Å². The Kier molecular flexibility index (Phi) is 6.17. The van der Waals surface area contributed by atoms with Crippen LogP contribution in [0.3, 0.4) is 0 Å². The van der Waals surface area contributed by atoms with Crippen LogP contribution in [-0.2, 0) is 11.3 Å². The van der Waals surface area contributed by atoms with Crippen LogP contribution in [0, 0.1) is 6.92 Å². The number of carbonyl (C=O) groups is 2. The van der Waals surface area contributed by atoms with Crippen molar-refractivity contribution in [3.63, 3.8) is 0 Å². The quantitative estimate of drug-likeness (QED) is 0.768. The van der Waals surface area contributed by atoms with E-state index in [1.165, 1.54) is 0 Å². The Morgan fingerprint density at radius 3 is 2.48 bits per heavy atom. The summed E-state index contributed by atoms with van der Waals surface area (Å²) in [5.74, 6) is -0.0929. The highest BCUT2D eigenvalue weighted by Crippen LogP contribution is 2.08. The number of nitrogens with one attached hydrogen (secondary N) is 3. The third-order valence-corrected chi connectivity index (χ3v) is 3.25. The van der Waals surface area contributed by atoms with Crippen molar-refractivity contribution >= 4 is 17.6 Å². The smallest absolute Gasteiger partial charge is 0.319 e. The lowest BCUT2D eigenvalue weighted by atomic mass is 10.2. The maximum atomic E-state index is 11.7. The molecule has 0 aromatic heterocycles. The van der Waals surface area contributed by atoms with Gasteiger partial charge in [0.25, 0.3) is 0 Å². The molecule has 2 aromatic rings. The second-order valence-electron chi connectivity index (χ2n) is 5.26. The maximum absolute atomic E-state index is 11.7. The number of carbonyl (C=O) groups excluding carboxylic acids is 2. The van der Waals surface area contributed by atoms with Crippen LogP contribution >= 0.6 is 0 Å². The van der Waals surface area contributed by atoms with Gasteiger partial charge in [-0.05, 0) is 30.2 Å². The van der Waals surface area contributed by atoms with Crippen LogP contribution < -0.4 is 16.0 Å². The highest BCUT2D eigenvalue weighted by atomic mass is 16.2. The molecular formula is C18H21N3O2. The normalized spacial score (nSPS) is 9.96. The first kappa shape index (κ1) is 16.5. The number of amides is 3. The van der Waals surface area contributed by atoms with Crippen LogP contribution in [0.25, 0.3) is 0 Å². The fourth-order valence-corrected chi connectivity index (χ4v) is 2.07. The van der Waals surface area contributed by atoms with Gasteiger partial charge in [-0.1, -0.05) is 42.5 Å². The minimum absolute atomic E-state index is 0.0929. The van der Waals surface area contributed by atoms with Gasteiger partial charge in [0.2, 0.25) is 5.91 Å². The highest BCUT2D eigenvalue weighted by Gasteiger charge is 2.04. The largest absolute Gasteiger partial charge is 0.352 e. The van der Waals surface area contributed by atoms with Gasteiger partial charge >= 0.3 is 6.03 Å². The molecular weight excluding hydrogens is 290 g/mol. The topological polar surface area (TPSA) is 70.2 Å². The van der Waals surface area contributed by atoms with Crippen LogP contribution in [-0.4, -0.2) is 18.5 Å². The summed E-state index contributed by atoms with van der Waals surface area (Å²) in [6.45, 7) is 2.74. The van der Waals surface area contributed by atoms with Crippen molar-refractivity contribution in [2.45, 2.75) is 19.9 Å². The molecule has 0 unspecified atom stereocenters. The molecule has 2 rings (SSSR count). The van der Waals surface area contributed by atoms with Crippen molar-refractivity contribution in [1.82, 2.24) is 10.6 Å². The van der Waals surface area contributed by atoms with E-state index in [1.54, 1.807) is 0 Å². The molecule has 3 amide bonds. The van der Waals surface area contributed by atoms with E-state index in [0.717, 1.165) is 16.8 Å². The molecule has 0 spiro atoms. The molecule has 120 valence electrons. The fraction of sp³-hybridized carbons (Fsp3) is 0.222. The van der Waals surface area contributed by atoms with E-state index in [2.05, 4.69) is 16.0 Å². The highest BCUT2D eigenvalue weighted by molar-refractivity contribution is 5.89. The average molecular weight is 311 g/mol. The summed E-state index contributed by atoms with van der Waals surface area (Å²) in [6, 6.07) is 16.9. The minimum atomic E-state index is -0.313. The molecule has 0 bridgehead atoms. The molecule has 0 aliphatic carbocycles. The summed E-state index contributed by atoms with van der Waals surface area (Å²) >= 11 is 0. The number of anilines is 1. The molecule has 5 nitrogen and oxygen atoms in total. The SMILES string of the molecule is Cc1cccc(NC(=O)NCCC(=O)NCc2ccccc2)c1. The summed E-state index contributed by atoms with van der Waals surface area (Å²) < 4.78 is 0. The van der Waals surface area contributed by atoms with Gasteiger partial charge in [0, 0.05) is 25.2 Å². The van der Waals surface area contributed by atoms with Crippen LogP contribution in [0.15, 0.2) is 54.6 Å². The maximum Gasteiger partial charge on any atom is 0.319 e. The van der Waals surface area contributed by atoms with Gasteiger partial charge in [-0.2, -0.15) is 0 Å². The molecule has 0 aliphatic heterocycles. The van der Waals surface area contributed by atoms with E-state index in [0.29, 0.717) is 6.54 Å². The van der Waals surface area contributed by atoms with Crippen molar-refractivity contribution in [3.05, 3.63) is 65.7 Å². The molecule has 2 aromatic carbocycles. The van der Waals surface area contributed by atoms with Crippen molar-refractivity contribution in [1.29, 1.82) is 0 Å². The van der Waals surface area contributed by atoms with Crippen LogP contribution in [0.1, 0.15) is 17.5 Å². The standard InChI is InChI=1S/C18H21N3O2/c1-14-6-5-9-16(12-14)21-18(23)19-11-10-17(22)20-13-15-7-3-2-4-8-15/h2-9,12H,10-11,13H2,1H3,(H,20,22)(H2,19,21,23). The van der Waals surface area contributed by atoms with Crippen molar-refractivity contribution in [3.8, 4) is 0 Å². The first-order valence-corrected chi connectivity index (χ1v) is 7.55. The monoisotopic (exact) mass is 311 g/mol. The molecule has 23 heavy (non-hydrogen) atoms. The van der Waals surface area contributed by atoms with E-state index in [-0.39, 0.29) is 24.9 Å². The zero-order chi connectivity index (χ0) is 16.5. The van der Waals surface area contributed by atoms with Crippen molar-refractivity contribution in [2.75, 3.05) is 11.9 Å². The van der Waals surface area contributed by atoms with Gasteiger partial charge in [0.05, 0.1) is 0 Å². The van der Waals surface area contributed by atoms with E-state index in [9.17, 15) is 9.59 Å². The number of hydrogen-bond acceptors (Lipinski definition) is 2. The summed E-state index contributed by atoms with van der Waals surface area (Å²) in [5, 5.41) is 8.22. The number of urea groups is 1. The summed E-state index contributed by atoms with van der Waals surface area (Å²) in [5.41, 5.74) is 2.85. The second-order valence-corrected chi connectivity index (χ2v) is 5.26. The first-order valence-electron chi connectivity index (χ1n) is 7.55. The number of hydrogen-bond donors (Lipinski definition) is 3. The fourth-order valence-electron chi connectivity index (χ4n) is 2.07. The first-order chi connectivity index (χ1) is 11.1. The van der Waals surface area contributed by atoms with Crippen LogP contribution in [0.5, 0.6) is 0 Å². The van der Waals surface area contributed by atoms with Gasteiger partial charge in [0.1, 0.15) is 0 Å². The molecule has 0 aliphatic rings. The average Bonchev–Trinajstić information content (AvgIpc) is 2.54. The lowest BCUT2D eigenvalue weighted by Gasteiger charge is -2.08. The lowest BCUT2D eigenvalue weighted by molar-refractivity contribution is -0.121. The Morgan fingerprint density at radius 1 is 0.957 bits per heavy atom. The van der Waals surface area contributed by atoms with E-state index < -0.39 is 0 Å². The molecule has 0 saturated carbocycles. The Hall–Kier alpha value is -2.82. The molecule has 0 fully saturated rings. The van der Waals surface area contributed by atoms with Gasteiger partial charge in [-0.3, -0.25) is 4.79 Å². The Morgan fingerprint density at radius 2 is 1.74 bits per heavy atom. The van der Waals surface area contributed by atoms with Crippen molar-refractivity contribution < 1.29 is 9.59 Å². The molecule has 3 N–H and O–H groups in total. The Labute approximate surface area is 136 Å². The Balaban J connectivity index is 1.64. The summed E-state index contributed by atoms with van der Waals surface area (Å²) in [4.78, 5) is 23.4. The van der Waals surface area contributed by atoms with Gasteiger partial charge < -0.3 is 16.0 Å². The van der Waals surface area contributed by atoms with E-state index in [4.69, 9.17) is 0 Å². The third kappa shape index (κ3) is 6.22. The zero-order valence-electron chi connectivity index (χ0n) is 13.1. The predicted octanol–water partition coefficient (Wildman–Crippen LogP) is 2.82. The summed E-state index contributed by atoms with van der Waals surface area (Å²) in [6.07, 6.45) is 0.244. The van der Waals surface area contributed by atoms with Crippen molar-refractivity contribution in [2.24, 2.45) is 0 Å². The summed E-state index contributed by atoms with van der Waals surface area (Å²) in [7, 11) is 0. The Bertz CT molecular complexity index is 656. The van der Waals surface area contributed by atoms with Crippen LogP contribution in [0.4, 0.5) is 10.5 Å². The molecule has 0 radical (unpaired) electrons. The minimum Gasteiger partial charge on any atom is -0.352 e. The zero-order valence-corrected chi connectivity index (χ0v) is 13.1. The second kappa shape index (κ2) is 8.58. The molecule has 0 heterocycles. The predicted molar refractivity (Wildman–Crippen MR) is 91.1 cm³/mol. The van der Waals surface area contributed by atoms with Gasteiger partial charge in [0.15, 0.2) is 0 Å². The number of aryl methyl sites for hydroxylation is 1. The van der Waals surface area contributed by atoms with Gasteiger partial charge in [-0.15, -0.1) is 0 Å². The lowest BCUT2D eigenvalue weighted by Crippen LogP contribution is -2.33. The molecule has 5 heteroatoms. The number of benzene rings is 2. The molecule has 0 saturated heterocycles. The van der Waals surface area contributed by atoms with Crippen LogP contribution in [0.2, 0.25) is 0 Å². The molecule has 0 atom stereocenters. The van der Waals surface area contributed by atoms with Gasteiger partial charge in [-0.25, -0.2) is 4.79 Å².